The molecule has 0 aromatic carbocycles. The van der Waals surface area contributed by atoms with E-state index in [2.05, 4.69) is 14.6 Å². The summed E-state index contributed by atoms with van der Waals surface area (Å²) < 4.78 is 44.8. The number of hydrogen-bond acceptors (Lipinski definition) is 4. The molecular weight excluding hydrogens is 253 g/mol. The van der Waals surface area contributed by atoms with E-state index in [1.807, 2.05) is 0 Å². The molecule has 1 amide bonds. The molecule has 0 bridgehead atoms. The maximum Gasteiger partial charge on any atom is 0.282 e. The summed E-state index contributed by atoms with van der Waals surface area (Å²) in [6, 6.07) is 0. The summed E-state index contributed by atoms with van der Waals surface area (Å²) in [7, 11) is 0. The zero-order valence-electron chi connectivity index (χ0n) is 9.72. The Morgan fingerprint density at radius 3 is 2.44 bits per heavy atom. The highest BCUT2D eigenvalue weighted by molar-refractivity contribution is 5.93. The van der Waals surface area contributed by atoms with Crippen LogP contribution in [0.3, 0.4) is 0 Å². The van der Waals surface area contributed by atoms with Crippen LogP contribution in [0.5, 0.6) is 5.88 Å². The predicted octanol–water partition coefficient (Wildman–Crippen LogP) is 1.58. The van der Waals surface area contributed by atoms with Crippen LogP contribution in [-0.2, 0) is 4.84 Å². The van der Waals surface area contributed by atoms with Gasteiger partial charge >= 0.3 is 0 Å². The number of nitrogens with zero attached hydrogens (tertiary/aromatic N) is 1. The number of hydrogen-bond donors (Lipinski definition) is 1. The van der Waals surface area contributed by atoms with Crippen molar-refractivity contribution in [3.63, 3.8) is 0 Å². The normalized spacial score (nSPS) is 10.3. The Kier molecular flexibility index (Phi) is 4.90. The van der Waals surface area contributed by atoms with Crippen LogP contribution in [0, 0.1) is 17.6 Å². The summed E-state index contributed by atoms with van der Waals surface area (Å²) in [5.41, 5.74) is 0.580. The SMILES string of the molecule is CCONC(=O)c1c(F)nc(OCC)c(F)c1F. The van der Waals surface area contributed by atoms with Gasteiger partial charge in [0.25, 0.3) is 11.8 Å². The molecule has 0 spiro atoms. The lowest BCUT2D eigenvalue weighted by Gasteiger charge is -2.09. The van der Waals surface area contributed by atoms with Gasteiger partial charge in [0.1, 0.15) is 5.56 Å². The Hall–Kier alpha value is -1.83. The average molecular weight is 264 g/mol. The summed E-state index contributed by atoms with van der Waals surface area (Å²) in [6.07, 6.45) is 0. The first-order chi connectivity index (χ1) is 8.52. The van der Waals surface area contributed by atoms with Crippen LogP contribution in [0.1, 0.15) is 24.2 Å². The molecule has 0 atom stereocenters. The van der Waals surface area contributed by atoms with Crippen molar-refractivity contribution in [3.05, 3.63) is 23.1 Å². The second kappa shape index (κ2) is 6.20. The van der Waals surface area contributed by atoms with Gasteiger partial charge in [0.2, 0.25) is 11.8 Å². The molecule has 1 heterocycles. The summed E-state index contributed by atoms with van der Waals surface area (Å²) in [6.45, 7) is 3.10. The molecule has 5 nitrogen and oxygen atoms in total. The third-order valence-electron chi connectivity index (χ3n) is 1.82. The largest absolute Gasteiger partial charge is 0.476 e. The van der Waals surface area contributed by atoms with Gasteiger partial charge in [-0.05, 0) is 13.8 Å². The molecule has 0 aliphatic carbocycles. The topological polar surface area (TPSA) is 60.5 Å². The highest BCUT2D eigenvalue weighted by atomic mass is 19.2. The van der Waals surface area contributed by atoms with Crippen molar-refractivity contribution in [3.8, 4) is 5.88 Å². The molecule has 1 aromatic heterocycles. The number of carbonyl (C=O) groups excluding carboxylic acids is 1. The third kappa shape index (κ3) is 2.89. The number of pyridine rings is 1. The van der Waals surface area contributed by atoms with E-state index in [0.717, 1.165) is 0 Å². The lowest BCUT2D eigenvalue weighted by Crippen LogP contribution is -2.27. The number of rotatable bonds is 5. The van der Waals surface area contributed by atoms with Gasteiger partial charge in [0.15, 0.2) is 5.82 Å². The fourth-order valence-electron chi connectivity index (χ4n) is 1.10. The number of ether oxygens (including phenoxy) is 1. The van der Waals surface area contributed by atoms with Gasteiger partial charge < -0.3 is 4.74 Å². The van der Waals surface area contributed by atoms with Crippen LogP contribution < -0.4 is 10.2 Å². The molecule has 0 radical (unpaired) electrons. The summed E-state index contributed by atoms with van der Waals surface area (Å²) in [5.74, 6) is -6.78. The maximum absolute atomic E-state index is 13.5. The van der Waals surface area contributed by atoms with Crippen LogP contribution in [0.4, 0.5) is 13.2 Å². The molecule has 0 saturated heterocycles. The molecule has 18 heavy (non-hydrogen) atoms. The number of carbonyl (C=O) groups is 1. The first-order valence-corrected chi connectivity index (χ1v) is 5.12. The highest BCUT2D eigenvalue weighted by Crippen LogP contribution is 2.22. The molecule has 8 heteroatoms. The Morgan fingerprint density at radius 2 is 1.89 bits per heavy atom. The Labute approximate surface area is 101 Å². The van der Waals surface area contributed by atoms with Gasteiger partial charge in [-0.2, -0.15) is 13.8 Å². The number of nitrogens with one attached hydrogen (secondary N) is 1. The van der Waals surface area contributed by atoms with Crippen LogP contribution in [0.2, 0.25) is 0 Å². The first kappa shape index (κ1) is 14.2. The fourth-order valence-corrected chi connectivity index (χ4v) is 1.10. The maximum atomic E-state index is 13.5. The number of aromatic nitrogens is 1. The Bertz CT molecular complexity index is 454. The number of hydroxylamine groups is 1. The van der Waals surface area contributed by atoms with E-state index in [1.165, 1.54) is 6.92 Å². The van der Waals surface area contributed by atoms with E-state index < -0.39 is 34.9 Å². The summed E-state index contributed by atoms with van der Waals surface area (Å²) in [4.78, 5) is 18.8. The molecule has 0 saturated carbocycles. The molecule has 1 aromatic rings. The highest BCUT2D eigenvalue weighted by Gasteiger charge is 2.26. The zero-order chi connectivity index (χ0) is 13.7. The predicted molar refractivity (Wildman–Crippen MR) is 54.4 cm³/mol. The van der Waals surface area contributed by atoms with Crippen LogP contribution in [-0.4, -0.2) is 24.1 Å². The van der Waals surface area contributed by atoms with Gasteiger partial charge in [-0.1, -0.05) is 0 Å². The van der Waals surface area contributed by atoms with Gasteiger partial charge in [-0.25, -0.2) is 9.87 Å². The number of halogens is 3. The van der Waals surface area contributed by atoms with Crippen molar-refractivity contribution in [1.82, 2.24) is 10.5 Å². The minimum absolute atomic E-state index is 0.0205. The summed E-state index contributed by atoms with van der Waals surface area (Å²) in [5, 5.41) is 0. The molecule has 0 aliphatic heterocycles. The molecule has 0 fully saturated rings. The second-order valence-electron chi connectivity index (χ2n) is 3.01. The van der Waals surface area contributed by atoms with Crippen molar-refractivity contribution in [1.29, 1.82) is 0 Å². The van der Waals surface area contributed by atoms with Crippen LogP contribution in [0.25, 0.3) is 0 Å². The van der Waals surface area contributed by atoms with Crippen molar-refractivity contribution >= 4 is 5.91 Å². The van der Waals surface area contributed by atoms with E-state index in [-0.39, 0.29) is 13.2 Å². The molecular formula is C10H11F3N2O3. The Balaban J connectivity index is 3.13. The van der Waals surface area contributed by atoms with E-state index >= 15 is 0 Å². The standard InChI is InChI=1S/C10H11F3N2O3/c1-3-17-10-7(12)6(11)5(8(13)14-10)9(16)15-18-4-2/h3-4H2,1-2H3,(H,15,16). The van der Waals surface area contributed by atoms with Crippen molar-refractivity contribution < 1.29 is 27.5 Å². The quantitative estimate of drug-likeness (QED) is 0.648. The third-order valence-corrected chi connectivity index (χ3v) is 1.82. The smallest absolute Gasteiger partial charge is 0.282 e. The molecule has 0 aliphatic rings. The van der Waals surface area contributed by atoms with E-state index in [1.54, 1.807) is 12.4 Å². The average Bonchev–Trinajstić information content (AvgIpc) is 2.33. The van der Waals surface area contributed by atoms with Gasteiger partial charge in [-0.3, -0.25) is 9.63 Å². The van der Waals surface area contributed by atoms with Crippen LogP contribution in [0.15, 0.2) is 0 Å². The van der Waals surface area contributed by atoms with E-state index in [9.17, 15) is 18.0 Å². The monoisotopic (exact) mass is 264 g/mol. The lowest BCUT2D eigenvalue weighted by molar-refractivity contribution is 0.0354. The molecule has 1 N–H and O–H groups in total. The number of amides is 1. The van der Waals surface area contributed by atoms with Gasteiger partial charge in [0.05, 0.1) is 13.2 Å². The lowest BCUT2D eigenvalue weighted by atomic mass is 10.2. The zero-order valence-corrected chi connectivity index (χ0v) is 9.72. The molecule has 0 unspecified atom stereocenters. The fraction of sp³-hybridized carbons (Fsp3) is 0.400. The van der Waals surface area contributed by atoms with Crippen molar-refractivity contribution in [2.45, 2.75) is 13.8 Å². The van der Waals surface area contributed by atoms with Gasteiger partial charge in [0, 0.05) is 0 Å². The van der Waals surface area contributed by atoms with Gasteiger partial charge in [-0.15, -0.1) is 0 Å². The van der Waals surface area contributed by atoms with Crippen molar-refractivity contribution in [2.24, 2.45) is 0 Å². The second-order valence-corrected chi connectivity index (χ2v) is 3.01. The molecule has 100 valence electrons. The molecule has 1 rings (SSSR count). The van der Waals surface area contributed by atoms with E-state index in [0.29, 0.717) is 0 Å². The van der Waals surface area contributed by atoms with Crippen molar-refractivity contribution in [2.75, 3.05) is 13.2 Å². The minimum atomic E-state index is -1.68. The summed E-state index contributed by atoms with van der Waals surface area (Å²) >= 11 is 0. The minimum Gasteiger partial charge on any atom is -0.476 e. The Morgan fingerprint density at radius 1 is 1.22 bits per heavy atom. The van der Waals surface area contributed by atoms with E-state index in [4.69, 9.17) is 0 Å². The van der Waals surface area contributed by atoms with Crippen LogP contribution >= 0.6 is 0 Å². The first-order valence-electron chi connectivity index (χ1n) is 5.12.